The van der Waals surface area contributed by atoms with E-state index in [1.807, 2.05) is 60.7 Å². The Hall–Kier alpha value is -0.781. The van der Waals surface area contributed by atoms with Crippen LogP contribution in [0.15, 0.2) is 60.7 Å². The summed E-state index contributed by atoms with van der Waals surface area (Å²) in [7, 11) is 0. The van der Waals surface area contributed by atoms with Gasteiger partial charge in [-0.15, -0.1) is 0 Å². The summed E-state index contributed by atoms with van der Waals surface area (Å²) in [4.78, 5) is 0. The van der Waals surface area contributed by atoms with Crippen molar-refractivity contribution in [3.63, 3.8) is 0 Å². The summed E-state index contributed by atoms with van der Waals surface area (Å²) in [6, 6.07) is 20.0. The molecule has 0 atom stereocenters. The van der Waals surface area contributed by atoms with Crippen molar-refractivity contribution < 1.29 is 17.1 Å². The van der Waals surface area contributed by atoms with Crippen LogP contribution in [0.1, 0.15) is 27.2 Å². The standard InChI is InChI=1S/2C5H5.C3H8.C2H5.Fe/c2*1-2-4-5-3-1;1-3-2;1-2;/h2*1-5H;3H2,1-2H3;1H2,2H3;/q2*-1;;-1;+3. The van der Waals surface area contributed by atoms with Crippen LogP contribution in [0.25, 0.3) is 0 Å². The third kappa shape index (κ3) is 23.2. The topological polar surface area (TPSA) is 0 Å². The Labute approximate surface area is 112 Å². The van der Waals surface area contributed by atoms with E-state index in [2.05, 4.69) is 20.8 Å². The second-order valence-corrected chi connectivity index (χ2v) is 2.63. The molecule has 2 rings (SSSR count). The molecule has 0 N–H and O–H groups in total. The van der Waals surface area contributed by atoms with Gasteiger partial charge in [-0.2, -0.15) is 43.3 Å². The van der Waals surface area contributed by atoms with Gasteiger partial charge in [-0.05, 0) is 0 Å². The average molecular weight is 259 g/mol. The van der Waals surface area contributed by atoms with Gasteiger partial charge in [-0.1, -0.05) is 20.3 Å². The van der Waals surface area contributed by atoms with Crippen molar-refractivity contribution in [2.45, 2.75) is 27.2 Å². The molecular formula is C15H23Fe. The summed E-state index contributed by atoms with van der Waals surface area (Å²) in [5.74, 6) is 0. The molecular weight excluding hydrogens is 236 g/mol. The van der Waals surface area contributed by atoms with E-state index in [0.29, 0.717) is 0 Å². The quantitative estimate of drug-likeness (QED) is 0.458. The van der Waals surface area contributed by atoms with Crippen molar-refractivity contribution in [2.24, 2.45) is 0 Å². The smallest absolute Gasteiger partial charge is 0.346 e. The van der Waals surface area contributed by atoms with Crippen molar-refractivity contribution in [1.29, 1.82) is 0 Å². The van der Waals surface area contributed by atoms with Gasteiger partial charge in [0.15, 0.2) is 0 Å². The average Bonchev–Trinajstić information content (AvgIpc) is 3.01. The summed E-state index contributed by atoms with van der Waals surface area (Å²) in [5, 5.41) is 0. The first-order valence-electron chi connectivity index (χ1n) is 5.45. The molecule has 0 spiro atoms. The van der Waals surface area contributed by atoms with Crippen molar-refractivity contribution in [3.05, 3.63) is 67.6 Å². The zero-order chi connectivity index (χ0) is 11.8. The van der Waals surface area contributed by atoms with Crippen LogP contribution < -0.4 is 0 Å². The molecule has 2 aromatic carbocycles. The second-order valence-electron chi connectivity index (χ2n) is 2.63. The van der Waals surface area contributed by atoms with Crippen molar-refractivity contribution >= 4 is 0 Å². The van der Waals surface area contributed by atoms with E-state index < -0.39 is 0 Å². The Morgan fingerprint density at radius 2 is 0.938 bits per heavy atom. The maximum atomic E-state index is 3.25. The molecule has 91 valence electrons. The molecule has 1 radical (unpaired) electrons. The van der Waals surface area contributed by atoms with Crippen LogP contribution in [0.2, 0.25) is 0 Å². The van der Waals surface area contributed by atoms with Gasteiger partial charge in [-0.25, -0.2) is 24.3 Å². The monoisotopic (exact) mass is 259 g/mol. The molecule has 0 aliphatic heterocycles. The molecule has 0 amide bonds. The van der Waals surface area contributed by atoms with Gasteiger partial charge in [0.05, 0.1) is 0 Å². The first-order chi connectivity index (χ1) is 7.41. The van der Waals surface area contributed by atoms with Gasteiger partial charge >= 0.3 is 17.1 Å². The van der Waals surface area contributed by atoms with Crippen LogP contribution in [-0.4, -0.2) is 0 Å². The van der Waals surface area contributed by atoms with E-state index in [1.165, 1.54) is 6.42 Å². The third-order valence-corrected chi connectivity index (χ3v) is 1.11. The van der Waals surface area contributed by atoms with Gasteiger partial charge < -0.3 is 6.92 Å². The number of hydrogen-bond donors (Lipinski definition) is 0. The molecule has 0 aromatic heterocycles. The van der Waals surface area contributed by atoms with Gasteiger partial charge in [-0.3, -0.25) is 0 Å². The largest absolute Gasteiger partial charge is 3.00 e. The fourth-order valence-corrected chi connectivity index (χ4v) is 0.642. The van der Waals surface area contributed by atoms with Crippen LogP contribution in [0.4, 0.5) is 0 Å². The Morgan fingerprint density at radius 1 is 0.750 bits per heavy atom. The SMILES string of the molecule is CCC.[CH2-]C.[Fe+3].c1cc[cH-]c1.c1cc[cH-]c1. The molecule has 16 heavy (non-hydrogen) atoms. The van der Waals surface area contributed by atoms with E-state index in [-0.39, 0.29) is 17.1 Å². The maximum Gasteiger partial charge on any atom is 3.00 e. The summed E-state index contributed by atoms with van der Waals surface area (Å²) in [5.41, 5.74) is 0. The van der Waals surface area contributed by atoms with Crippen LogP contribution in [-0.2, 0) is 17.1 Å². The third-order valence-electron chi connectivity index (χ3n) is 1.11. The molecule has 0 nitrogen and oxygen atoms in total. The zero-order valence-corrected chi connectivity index (χ0v) is 11.6. The van der Waals surface area contributed by atoms with E-state index in [0.717, 1.165) is 0 Å². The molecule has 0 aliphatic rings. The van der Waals surface area contributed by atoms with Gasteiger partial charge in [0.25, 0.3) is 0 Å². The van der Waals surface area contributed by atoms with Crippen LogP contribution in [0.3, 0.4) is 0 Å². The number of rotatable bonds is 0. The van der Waals surface area contributed by atoms with E-state index >= 15 is 0 Å². The molecule has 0 unspecified atom stereocenters. The minimum atomic E-state index is 0. The minimum Gasteiger partial charge on any atom is -0.346 e. The first-order valence-corrected chi connectivity index (χ1v) is 5.45. The normalized spacial score (nSPS) is 6.50. The molecule has 0 bridgehead atoms. The van der Waals surface area contributed by atoms with E-state index in [4.69, 9.17) is 0 Å². The summed E-state index contributed by atoms with van der Waals surface area (Å²) in [6.45, 7) is 9.25. The molecule has 0 aliphatic carbocycles. The predicted octanol–water partition coefficient (Wildman–Crippen LogP) is 5.07. The molecule has 0 fully saturated rings. The van der Waals surface area contributed by atoms with Crippen LogP contribution in [0, 0.1) is 6.92 Å². The second kappa shape index (κ2) is 23.8. The fraction of sp³-hybridized carbons (Fsp3) is 0.267. The van der Waals surface area contributed by atoms with E-state index in [1.54, 1.807) is 6.92 Å². The zero-order valence-electron chi connectivity index (χ0n) is 10.5. The van der Waals surface area contributed by atoms with Crippen molar-refractivity contribution in [2.75, 3.05) is 0 Å². The molecule has 0 heterocycles. The Morgan fingerprint density at radius 3 is 1.00 bits per heavy atom. The Kier molecular flexibility index (Phi) is 30.6. The van der Waals surface area contributed by atoms with Crippen molar-refractivity contribution in [3.8, 4) is 0 Å². The number of hydrogen-bond acceptors (Lipinski definition) is 0. The van der Waals surface area contributed by atoms with E-state index in [9.17, 15) is 0 Å². The summed E-state index contributed by atoms with van der Waals surface area (Å²) in [6.07, 6.45) is 1.25. The molecule has 0 saturated carbocycles. The van der Waals surface area contributed by atoms with Crippen LogP contribution >= 0.6 is 0 Å². The molecule has 2 aromatic rings. The van der Waals surface area contributed by atoms with Gasteiger partial charge in [0.2, 0.25) is 0 Å². The predicted molar refractivity (Wildman–Crippen MR) is 71.1 cm³/mol. The fourth-order valence-electron chi connectivity index (χ4n) is 0.642. The minimum absolute atomic E-state index is 0. The first kappa shape index (κ1) is 20.6. The van der Waals surface area contributed by atoms with Gasteiger partial charge in [0.1, 0.15) is 0 Å². The summed E-state index contributed by atoms with van der Waals surface area (Å²) < 4.78 is 0. The molecule has 0 saturated heterocycles. The van der Waals surface area contributed by atoms with Gasteiger partial charge in [0, 0.05) is 0 Å². The maximum absolute atomic E-state index is 3.25. The van der Waals surface area contributed by atoms with Crippen molar-refractivity contribution in [1.82, 2.24) is 0 Å². The summed E-state index contributed by atoms with van der Waals surface area (Å²) >= 11 is 0. The Balaban J connectivity index is -0.000000147. The molecule has 1 heteroatoms. The van der Waals surface area contributed by atoms with Crippen LogP contribution in [0.5, 0.6) is 0 Å². The Bertz CT molecular complexity index is 157.